The van der Waals surface area contributed by atoms with E-state index in [0.717, 1.165) is 11.1 Å². The van der Waals surface area contributed by atoms with Crippen molar-refractivity contribution in [2.24, 2.45) is 0 Å². The van der Waals surface area contributed by atoms with Crippen LogP contribution in [0.5, 0.6) is 5.75 Å². The number of nitrogens with one attached hydrogen (secondary N) is 1. The van der Waals surface area contributed by atoms with Crippen LogP contribution in [-0.4, -0.2) is 34.9 Å². The maximum atomic E-state index is 13.0. The van der Waals surface area contributed by atoms with Crippen molar-refractivity contribution in [1.29, 1.82) is 0 Å². The molecule has 0 fully saturated rings. The zero-order valence-corrected chi connectivity index (χ0v) is 18.3. The summed E-state index contributed by atoms with van der Waals surface area (Å²) in [6.07, 6.45) is 0. The SMILES string of the molecule is Cc1ccc(OCC(=O)N(Cc2ccccc2)C(C)C(=O)NC(C)(C)C)cc1C. The van der Waals surface area contributed by atoms with E-state index >= 15 is 0 Å². The highest BCUT2D eigenvalue weighted by Crippen LogP contribution is 2.17. The first kappa shape index (κ1) is 22.5. The highest BCUT2D eigenvalue weighted by molar-refractivity contribution is 5.88. The molecule has 1 unspecified atom stereocenters. The molecule has 29 heavy (non-hydrogen) atoms. The normalized spacial score (nSPS) is 12.2. The molecule has 0 aliphatic rings. The summed E-state index contributed by atoms with van der Waals surface area (Å²) in [5, 5.41) is 2.95. The van der Waals surface area contributed by atoms with Crippen molar-refractivity contribution in [1.82, 2.24) is 10.2 Å². The van der Waals surface area contributed by atoms with Crippen molar-refractivity contribution in [3.63, 3.8) is 0 Å². The van der Waals surface area contributed by atoms with Gasteiger partial charge in [0.2, 0.25) is 5.91 Å². The Morgan fingerprint density at radius 2 is 1.69 bits per heavy atom. The van der Waals surface area contributed by atoms with Crippen molar-refractivity contribution < 1.29 is 14.3 Å². The minimum atomic E-state index is -0.620. The van der Waals surface area contributed by atoms with E-state index in [0.29, 0.717) is 12.3 Å². The predicted molar refractivity (Wildman–Crippen MR) is 116 cm³/mol. The number of rotatable bonds is 7. The number of hydrogen-bond acceptors (Lipinski definition) is 3. The van der Waals surface area contributed by atoms with E-state index in [1.54, 1.807) is 11.8 Å². The molecule has 0 bridgehead atoms. The van der Waals surface area contributed by atoms with Gasteiger partial charge >= 0.3 is 0 Å². The molecule has 5 nitrogen and oxygen atoms in total. The monoisotopic (exact) mass is 396 g/mol. The van der Waals surface area contributed by atoms with Gasteiger partial charge in [-0.3, -0.25) is 9.59 Å². The van der Waals surface area contributed by atoms with Gasteiger partial charge in [-0.15, -0.1) is 0 Å². The number of ether oxygens (including phenoxy) is 1. The summed E-state index contributed by atoms with van der Waals surface area (Å²) < 4.78 is 5.73. The van der Waals surface area contributed by atoms with Crippen LogP contribution in [0.15, 0.2) is 48.5 Å². The van der Waals surface area contributed by atoms with E-state index < -0.39 is 6.04 Å². The van der Waals surface area contributed by atoms with Gasteiger partial charge in [0, 0.05) is 12.1 Å². The molecule has 0 heterocycles. The van der Waals surface area contributed by atoms with Crippen LogP contribution >= 0.6 is 0 Å². The van der Waals surface area contributed by atoms with E-state index in [4.69, 9.17) is 4.74 Å². The Hall–Kier alpha value is -2.82. The molecule has 2 aromatic rings. The largest absolute Gasteiger partial charge is 0.484 e. The Kier molecular flexibility index (Phi) is 7.43. The van der Waals surface area contributed by atoms with E-state index in [2.05, 4.69) is 5.32 Å². The number of carbonyl (C=O) groups excluding carboxylic acids is 2. The van der Waals surface area contributed by atoms with Gasteiger partial charge in [0.15, 0.2) is 6.61 Å². The van der Waals surface area contributed by atoms with Crippen molar-refractivity contribution in [2.45, 2.75) is 59.7 Å². The summed E-state index contributed by atoms with van der Waals surface area (Å²) in [5.41, 5.74) is 2.86. The Labute approximate surface area is 174 Å². The molecule has 5 heteroatoms. The van der Waals surface area contributed by atoms with Crippen LogP contribution in [-0.2, 0) is 16.1 Å². The summed E-state index contributed by atoms with van der Waals surface area (Å²) in [6.45, 7) is 11.8. The number of carbonyl (C=O) groups is 2. The molecular weight excluding hydrogens is 364 g/mol. The third kappa shape index (κ3) is 6.93. The van der Waals surface area contributed by atoms with Crippen LogP contribution in [0.4, 0.5) is 0 Å². The molecule has 1 atom stereocenters. The van der Waals surface area contributed by atoms with E-state index in [-0.39, 0.29) is 24.0 Å². The number of benzene rings is 2. The van der Waals surface area contributed by atoms with Gasteiger partial charge in [-0.2, -0.15) is 0 Å². The highest BCUT2D eigenvalue weighted by Gasteiger charge is 2.28. The zero-order valence-electron chi connectivity index (χ0n) is 18.3. The first-order chi connectivity index (χ1) is 13.6. The minimum absolute atomic E-state index is 0.123. The van der Waals surface area contributed by atoms with Crippen molar-refractivity contribution in [3.05, 3.63) is 65.2 Å². The van der Waals surface area contributed by atoms with E-state index in [1.165, 1.54) is 5.56 Å². The van der Waals surface area contributed by atoms with Gasteiger partial charge in [-0.25, -0.2) is 0 Å². The Bertz CT molecular complexity index is 841. The van der Waals surface area contributed by atoms with Crippen LogP contribution in [0.3, 0.4) is 0 Å². The van der Waals surface area contributed by atoms with Crippen LogP contribution in [0.25, 0.3) is 0 Å². The number of amides is 2. The van der Waals surface area contributed by atoms with Crippen LogP contribution in [0, 0.1) is 13.8 Å². The molecule has 0 aliphatic carbocycles. The lowest BCUT2D eigenvalue weighted by Gasteiger charge is -2.31. The second-order valence-corrected chi connectivity index (χ2v) is 8.46. The van der Waals surface area contributed by atoms with E-state index in [1.807, 2.05) is 83.1 Å². The summed E-state index contributed by atoms with van der Waals surface area (Å²) in [4.78, 5) is 27.3. The maximum absolute atomic E-state index is 13.0. The Morgan fingerprint density at radius 3 is 2.28 bits per heavy atom. The Morgan fingerprint density at radius 1 is 1.03 bits per heavy atom. The molecule has 0 aliphatic heterocycles. The lowest BCUT2D eigenvalue weighted by Crippen LogP contribution is -2.53. The highest BCUT2D eigenvalue weighted by atomic mass is 16.5. The van der Waals surface area contributed by atoms with Gasteiger partial charge in [0.25, 0.3) is 5.91 Å². The predicted octanol–water partition coefficient (Wildman–Crippen LogP) is 4.01. The zero-order chi connectivity index (χ0) is 21.6. The van der Waals surface area contributed by atoms with Crippen molar-refractivity contribution in [2.75, 3.05) is 6.61 Å². The fraction of sp³-hybridized carbons (Fsp3) is 0.417. The summed E-state index contributed by atoms with van der Waals surface area (Å²) in [5.74, 6) is 0.226. The molecule has 0 saturated heterocycles. The fourth-order valence-electron chi connectivity index (χ4n) is 2.87. The molecule has 156 valence electrons. The van der Waals surface area contributed by atoms with Gasteiger partial charge in [-0.1, -0.05) is 36.4 Å². The Balaban J connectivity index is 2.15. The van der Waals surface area contributed by atoms with Gasteiger partial charge in [0.1, 0.15) is 11.8 Å². The standard InChI is InChI=1S/C24H32N2O3/c1-17-12-13-21(14-18(17)2)29-16-22(27)26(15-20-10-8-7-9-11-20)19(3)23(28)25-24(4,5)6/h7-14,19H,15-16H2,1-6H3,(H,25,28). The molecule has 0 aromatic heterocycles. The molecule has 2 aromatic carbocycles. The first-order valence-corrected chi connectivity index (χ1v) is 9.92. The quantitative estimate of drug-likeness (QED) is 0.769. The third-order valence-corrected chi connectivity index (χ3v) is 4.70. The third-order valence-electron chi connectivity index (χ3n) is 4.70. The molecule has 1 N–H and O–H groups in total. The van der Waals surface area contributed by atoms with E-state index in [9.17, 15) is 9.59 Å². The average Bonchev–Trinajstić information content (AvgIpc) is 2.65. The molecule has 0 radical (unpaired) electrons. The molecule has 0 spiro atoms. The van der Waals surface area contributed by atoms with Crippen molar-refractivity contribution in [3.8, 4) is 5.75 Å². The topological polar surface area (TPSA) is 58.6 Å². The molecule has 0 saturated carbocycles. The maximum Gasteiger partial charge on any atom is 0.261 e. The molecule has 2 amide bonds. The van der Waals surface area contributed by atoms with Crippen LogP contribution < -0.4 is 10.1 Å². The smallest absolute Gasteiger partial charge is 0.261 e. The number of nitrogens with zero attached hydrogens (tertiary/aromatic N) is 1. The van der Waals surface area contributed by atoms with Gasteiger partial charge in [0.05, 0.1) is 0 Å². The summed E-state index contributed by atoms with van der Waals surface area (Å²) in [7, 11) is 0. The molecule has 2 rings (SSSR count). The summed E-state index contributed by atoms with van der Waals surface area (Å²) in [6, 6.07) is 14.8. The second-order valence-electron chi connectivity index (χ2n) is 8.46. The van der Waals surface area contributed by atoms with Gasteiger partial charge in [-0.05, 0) is 70.4 Å². The average molecular weight is 397 g/mol. The summed E-state index contributed by atoms with van der Waals surface area (Å²) >= 11 is 0. The van der Waals surface area contributed by atoms with Crippen LogP contribution in [0.2, 0.25) is 0 Å². The lowest BCUT2D eigenvalue weighted by molar-refractivity contribution is -0.142. The number of hydrogen-bond donors (Lipinski definition) is 1. The second kappa shape index (κ2) is 9.59. The molecular formula is C24H32N2O3. The minimum Gasteiger partial charge on any atom is -0.484 e. The first-order valence-electron chi connectivity index (χ1n) is 9.92. The fourth-order valence-corrected chi connectivity index (χ4v) is 2.87. The van der Waals surface area contributed by atoms with Crippen LogP contribution in [0.1, 0.15) is 44.4 Å². The number of aryl methyl sites for hydroxylation is 2. The lowest BCUT2D eigenvalue weighted by atomic mass is 10.1. The van der Waals surface area contributed by atoms with Crippen molar-refractivity contribution >= 4 is 11.8 Å². The van der Waals surface area contributed by atoms with Gasteiger partial charge < -0.3 is 15.0 Å².